The first kappa shape index (κ1) is 19.8. The van der Waals surface area contributed by atoms with Crippen molar-refractivity contribution in [1.82, 2.24) is 19.8 Å². The fourth-order valence-electron chi connectivity index (χ4n) is 3.92. The van der Waals surface area contributed by atoms with Gasteiger partial charge >= 0.3 is 0 Å². The largest absolute Gasteiger partial charge is 0.496 e. The molecular formula is C21H28N6OS+2. The zero-order valence-electron chi connectivity index (χ0n) is 17.0. The second-order valence-corrected chi connectivity index (χ2v) is 8.02. The quantitative estimate of drug-likeness (QED) is 0.562. The molecular weight excluding hydrogens is 384 g/mol. The van der Waals surface area contributed by atoms with Crippen LogP contribution >= 0.6 is 12.2 Å². The molecule has 8 heteroatoms. The molecule has 2 N–H and O–H groups in total. The standard InChI is InChI=1S/C21H26N6OS/c1-17-8-9-20(28-2)18(14-17)15-24-10-12-25(13-11-24)16-26-21(29)27(23-22-26)19-6-4-3-5-7-19/h3-9,14H,10-13,15-16H2,1-2H3/p+2. The summed E-state index contributed by atoms with van der Waals surface area (Å²) in [4.78, 5) is 3.08. The number of methoxy groups -OCH3 is 1. The van der Waals surface area contributed by atoms with Crippen molar-refractivity contribution in [2.45, 2.75) is 20.1 Å². The summed E-state index contributed by atoms with van der Waals surface area (Å²) in [5.74, 6) is 0.988. The van der Waals surface area contributed by atoms with E-state index in [9.17, 15) is 0 Å². The number of nitrogens with zero attached hydrogens (tertiary/aromatic N) is 4. The molecule has 0 amide bonds. The summed E-state index contributed by atoms with van der Waals surface area (Å²) in [5, 5.41) is 8.53. The summed E-state index contributed by atoms with van der Waals surface area (Å²) in [6, 6.07) is 16.3. The summed E-state index contributed by atoms with van der Waals surface area (Å²) in [6.45, 7) is 8.30. The Morgan fingerprint density at radius 2 is 1.72 bits per heavy atom. The van der Waals surface area contributed by atoms with Crippen LogP contribution in [0, 0.1) is 11.7 Å². The summed E-state index contributed by atoms with van der Waals surface area (Å²) < 4.78 is 9.75. The van der Waals surface area contributed by atoms with E-state index in [0.29, 0.717) is 4.77 Å². The van der Waals surface area contributed by atoms with Gasteiger partial charge in [0, 0.05) is 5.56 Å². The number of rotatable bonds is 6. The van der Waals surface area contributed by atoms with Crippen molar-refractivity contribution in [2.75, 3.05) is 33.3 Å². The van der Waals surface area contributed by atoms with Gasteiger partial charge in [0.2, 0.25) is 4.77 Å². The van der Waals surface area contributed by atoms with Gasteiger partial charge in [0.15, 0.2) is 6.67 Å². The SMILES string of the molecule is COc1ccc(C)cc1C[NH+]1CC[NH+](Cn2nnn(-c3ccccc3)c2=S)CC1. The Bertz CT molecular complexity index is 1010. The third-order valence-electron chi connectivity index (χ3n) is 5.55. The van der Waals surface area contributed by atoms with Crippen LogP contribution in [0.3, 0.4) is 0 Å². The zero-order valence-corrected chi connectivity index (χ0v) is 17.8. The minimum Gasteiger partial charge on any atom is -0.496 e. The molecule has 1 aromatic heterocycles. The first-order valence-electron chi connectivity index (χ1n) is 10.0. The highest BCUT2D eigenvalue weighted by Crippen LogP contribution is 2.18. The van der Waals surface area contributed by atoms with Gasteiger partial charge in [-0.05, 0) is 53.8 Å². The number of nitrogens with one attached hydrogen (secondary N) is 2. The number of benzene rings is 2. The number of aryl methyl sites for hydroxylation is 1. The van der Waals surface area contributed by atoms with E-state index in [0.717, 1.165) is 50.8 Å². The first-order chi connectivity index (χ1) is 14.1. The molecule has 1 fully saturated rings. The van der Waals surface area contributed by atoms with Gasteiger partial charge in [0.25, 0.3) is 0 Å². The molecule has 3 aromatic rings. The summed E-state index contributed by atoms with van der Waals surface area (Å²) in [7, 11) is 1.75. The van der Waals surface area contributed by atoms with Crippen LogP contribution in [0.4, 0.5) is 0 Å². The van der Waals surface area contributed by atoms with E-state index in [1.165, 1.54) is 16.0 Å². The van der Waals surface area contributed by atoms with Crippen LogP contribution in [-0.2, 0) is 13.2 Å². The van der Waals surface area contributed by atoms with E-state index in [-0.39, 0.29) is 0 Å². The van der Waals surface area contributed by atoms with Gasteiger partial charge in [-0.1, -0.05) is 29.8 Å². The van der Waals surface area contributed by atoms with E-state index in [2.05, 4.69) is 35.5 Å². The van der Waals surface area contributed by atoms with Crippen molar-refractivity contribution in [3.8, 4) is 11.4 Å². The van der Waals surface area contributed by atoms with Crippen LogP contribution in [0.15, 0.2) is 48.5 Å². The predicted molar refractivity (Wildman–Crippen MR) is 113 cm³/mol. The van der Waals surface area contributed by atoms with Crippen molar-refractivity contribution in [1.29, 1.82) is 0 Å². The van der Waals surface area contributed by atoms with Gasteiger partial charge in [0.1, 0.15) is 38.5 Å². The fourth-order valence-corrected chi connectivity index (χ4v) is 4.17. The summed E-state index contributed by atoms with van der Waals surface area (Å²) in [6.07, 6.45) is 0. The molecule has 1 aliphatic rings. The number of aromatic nitrogens is 4. The van der Waals surface area contributed by atoms with E-state index >= 15 is 0 Å². The monoisotopic (exact) mass is 412 g/mol. The van der Waals surface area contributed by atoms with Gasteiger partial charge in [-0.25, -0.2) is 0 Å². The molecule has 2 heterocycles. The number of hydrogen-bond acceptors (Lipinski definition) is 4. The Hall–Kier alpha value is -2.55. The highest BCUT2D eigenvalue weighted by molar-refractivity contribution is 7.71. The molecule has 152 valence electrons. The van der Waals surface area contributed by atoms with Crippen LogP contribution < -0.4 is 14.5 Å². The Morgan fingerprint density at radius 1 is 1.00 bits per heavy atom. The van der Waals surface area contributed by atoms with Crippen molar-refractivity contribution >= 4 is 12.2 Å². The van der Waals surface area contributed by atoms with Crippen molar-refractivity contribution in [2.24, 2.45) is 0 Å². The summed E-state index contributed by atoms with van der Waals surface area (Å²) in [5.41, 5.74) is 3.51. The Labute approximate surface area is 176 Å². The Balaban J connectivity index is 1.36. The lowest BCUT2D eigenvalue weighted by Gasteiger charge is -2.29. The highest BCUT2D eigenvalue weighted by atomic mass is 32.1. The molecule has 29 heavy (non-hydrogen) atoms. The molecule has 0 radical (unpaired) electrons. The topological polar surface area (TPSA) is 53.8 Å². The van der Waals surface area contributed by atoms with Crippen LogP contribution in [0.1, 0.15) is 11.1 Å². The average Bonchev–Trinajstić information content (AvgIpc) is 3.10. The smallest absolute Gasteiger partial charge is 0.225 e. The Kier molecular flexibility index (Phi) is 6.03. The zero-order chi connectivity index (χ0) is 20.2. The third-order valence-corrected chi connectivity index (χ3v) is 5.94. The molecule has 1 aliphatic heterocycles. The van der Waals surface area contributed by atoms with Crippen LogP contribution in [0.5, 0.6) is 5.75 Å². The van der Waals surface area contributed by atoms with Crippen molar-refractivity contribution in [3.63, 3.8) is 0 Å². The minimum atomic E-state index is 0.642. The molecule has 7 nitrogen and oxygen atoms in total. The highest BCUT2D eigenvalue weighted by Gasteiger charge is 2.25. The van der Waals surface area contributed by atoms with Gasteiger partial charge in [-0.15, -0.1) is 0 Å². The molecule has 0 aliphatic carbocycles. The van der Waals surface area contributed by atoms with Crippen LogP contribution in [-0.4, -0.2) is 53.1 Å². The lowest BCUT2D eigenvalue weighted by Crippen LogP contribution is -3.27. The first-order valence-corrected chi connectivity index (χ1v) is 10.4. The molecule has 0 atom stereocenters. The molecule has 0 saturated carbocycles. The summed E-state index contributed by atoms with van der Waals surface area (Å²) >= 11 is 5.59. The maximum Gasteiger partial charge on any atom is 0.225 e. The minimum absolute atomic E-state index is 0.642. The number of para-hydroxylation sites is 1. The molecule has 0 unspecified atom stereocenters. The van der Waals surface area contributed by atoms with Gasteiger partial charge in [0.05, 0.1) is 12.8 Å². The second kappa shape index (κ2) is 8.86. The lowest BCUT2D eigenvalue weighted by molar-refractivity contribution is -1.03. The van der Waals surface area contributed by atoms with E-state index < -0.39 is 0 Å². The molecule has 0 bridgehead atoms. The van der Waals surface area contributed by atoms with Crippen LogP contribution in [0.2, 0.25) is 0 Å². The number of quaternary nitrogens is 2. The Morgan fingerprint density at radius 3 is 2.45 bits per heavy atom. The number of piperazine rings is 1. The fraction of sp³-hybridized carbons (Fsp3) is 0.381. The molecule has 1 saturated heterocycles. The van der Waals surface area contributed by atoms with Crippen molar-refractivity contribution in [3.05, 3.63) is 64.4 Å². The normalized spacial score (nSPS) is 19.2. The lowest BCUT2D eigenvalue weighted by atomic mass is 10.1. The van der Waals surface area contributed by atoms with Gasteiger partial charge in [-0.3, -0.25) is 0 Å². The number of tetrazole rings is 1. The van der Waals surface area contributed by atoms with Gasteiger partial charge in [-0.2, -0.15) is 9.36 Å². The molecule has 4 rings (SSSR count). The molecule has 2 aromatic carbocycles. The van der Waals surface area contributed by atoms with E-state index in [1.54, 1.807) is 16.7 Å². The van der Waals surface area contributed by atoms with E-state index in [1.807, 2.05) is 35.0 Å². The number of ether oxygens (including phenoxy) is 1. The second-order valence-electron chi connectivity index (χ2n) is 7.66. The maximum atomic E-state index is 5.59. The van der Waals surface area contributed by atoms with E-state index in [4.69, 9.17) is 17.0 Å². The molecule has 0 spiro atoms. The maximum absolute atomic E-state index is 5.59. The van der Waals surface area contributed by atoms with Crippen LogP contribution in [0.25, 0.3) is 5.69 Å². The number of hydrogen-bond donors (Lipinski definition) is 2. The average molecular weight is 413 g/mol. The van der Waals surface area contributed by atoms with Gasteiger partial charge < -0.3 is 14.5 Å². The predicted octanol–water partition coefficient (Wildman–Crippen LogP) is 0.0564. The third kappa shape index (κ3) is 4.55. The van der Waals surface area contributed by atoms with Crippen molar-refractivity contribution < 1.29 is 14.5 Å².